The Hall–Kier alpha value is -1.60. The van der Waals surface area contributed by atoms with Gasteiger partial charge in [0.1, 0.15) is 11.6 Å². The number of anilines is 1. The Bertz CT molecular complexity index is 970. The Labute approximate surface area is 180 Å². The number of aromatic nitrogens is 2. The summed E-state index contributed by atoms with van der Waals surface area (Å²) in [5, 5.41) is 10.6. The van der Waals surface area contributed by atoms with E-state index in [0.29, 0.717) is 27.4 Å². The number of benzene rings is 1. The molecule has 29 heavy (non-hydrogen) atoms. The SMILES string of the molecule is Cc1nc(N2CCC(C)(N3CC[C@H](O)C3)CC2)cc(=O)n1-c1cccc(Cl)c1Cl. The number of aryl methyl sites for hydroxylation is 1. The number of aliphatic hydroxyl groups is 1. The molecule has 2 aliphatic heterocycles. The molecule has 0 unspecified atom stereocenters. The van der Waals surface area contributed by atoms with Crippen molar-refractivity contribution in [2.75, 3.05) is 31.1 Å². The van der Waals surface area contributed by atoms with Gasteiger partial charge in [-0.25, -0.2) is 4.98 Å². The molecule has 0 spiro atoms. The molecule has 1 N–H and O–H groups in total. The van der Waals surface area contributed by atoms with Crippen LogP contribution in [0.2, 0.25) is 10.0 Å². The van der Waals surface area contributed by atoms with E-state index in [0.717, 1.165) is 45.4 Å². The number of halogens is 2. The zero-order chi connectivity index (χ0) is 20.8. The third kappa shape index (κ3) is 3.91. The van der Waals surface area contributed by atoms with Gasteiger partial charge < -0.3 is 10.0 Å². The molecule has 0 amide bonds. The molecule has 2 saturated heterocycles. The van der Waals surface area contributed by atoms with Crippen LogP contribution in [0.4, 0.5) is 5.82 Å². The summed E-state index contributed by atoms with van der Waals surface area (Å²) in [5.74, 6) is 1.28. The molecule has 0 saturated carbocycles. The second-order valence-electron chi connectivity index (χ2n) is 8.28. The van der Waals surface area contributed by atoms with Crippen LogP contribution in [0.25, 0.3) is 5.69 Å². The Kier molecular flexibility index (Phi) is 5.64. The normalized spacial score (nSPS) is 22.2. The van der Waals surface area contributed by atoms with E-state index < -0.39 is 0 Å². The van der Waals surface area contributed by atoms with Gasteiger partial charge in [0, 0.05) is 37.8 Å². The van der Waals surface area contributed by atoms with Crippen molar-refractivity contribution in [1.82, 2.24) is 14.5 Å². The molecule has 0 aliphatic carbocycles. The molecule has 0 bridgehead atoms. The minimum Gasteiger partial charge on any atom is -0.392 e. The lowest BCUT2D eigenvalue weighted by Crippen LogP contribution is -2.53. The van der Waals surface area contributed by atoms with E-state index in [1.165, 1.54) is 4.57 Å². The molecule has 8 heteroatoms. The summed E-state index contributed by atoms with van der Waals surface area (Å²) in [4.78, 5) is 22.2. The first-order chi connectivity index (χ1) is 13.8. The van der Waals surface area contributed by atoms with Gasteiger partial charge in [0.25, 0.3) is 5.56 Å². The molecule has 1 aromatic heterocycles. The van der Waals surface area contributed by atoms with Crippen LogP contribution < -0.4 is 10.5 Å². The van der Waals surface area contributed by atoms with Gasteiger partial charge in [0.2, 0.25) is 0 Å². The molecule has 2 aromatic rings. The molecule has 4 rings (SSSR count). The number of likely N-dealkylation sites (tertiary alicyclic amines) is 1. The maximum Gasteiger partial charge on any atom is 0.260 e. The second-order valence-corrected chi connectivity index (χ2v) is 9.07. The van der Waals surface area contributed by atoms with Crippen molar-refractivity contribution in [1.29, 1.82) is 0 Å². The van der Waals surface area contributed by atoms with E-state index in [-0.39, 0.29) is 17.2 Å². The second kappa shape index (κ2) is 7.91. The predicted octanol–water partition coefficient (Wildman–Crippen LogP) is 3.27. The Morgan fingerprint density at radius 1 is 1.21 bits per heavy atom. The van der Waals surface area contributed by atoms with Crippen LogP contribution in [0, 0.1) is 6.92 Å². The largest absolute Gasteiger partial charge is 0.392 e. The van der Waals surface area contributed by atoms with Gasteiger partial charge in [-0.2, -0.15) is 0 Å². The monoisotopic (exact) mass is 436 g/mol. The highest BCUT2D eigenvalue weighted by Crippen LogP contribution is 2.33. The lowest BCUT2D eigenvalue weighted by Gasteiger charge is -2.45. The lowest BCUT2D eigenvalue weighted by atomic mass is 9.88. The zero-order valence-electron chi connectivity index (χ0n) is 16.7. The highest BCUT2D eigenvalue weighted by molar-refractivity contribution is 6.43. The van der Waals surface area contributed by atoms with Gasteiger partial charge in [-0.1, -0.05) is 29.3 Å². The van der Waals surface area contributed by atoms with E-state index >= 15 is 0 Å². The number of nitrogens with zero attached hydrogens (tertiary/aromatic N) is 4. The first kappa shape index (κ1) is 20.7. The predicted molar refractivity (Wildman–Crippen MR) is 117 cm³/mol. The Morgan fingerprint density at radius 3 is 2.55 bits per heavy atom. The molecule has 2 aliphatic rings. The third-order valence-corrected chi connectivity index (χ3v) is 7.15. The van der Waals surface area contributed by atoms with Crippen molar-refractivity contribution in [3.63, 3.8) is 0 Å². The minimum absolute atomic E-state index is 0.0896. The fourth-order valence-corrected chi connectivity index (χ4v) is 4.85. The summed E-state index contributed by atoms with van der Waals surface area (Å²) in [7, 11) is 0. The third-order valence-electron chi connectivity index (χ3n) is 6.34. The Morgan fingerprint density at radius 2 is 1.93 bits per heavy atom. The molecule has 156 valence electrons. The highest BCUT2D eigenvalue weighted by atomic mass is 35.5. The van der Waals surface area contributed by atoms with Crippen molar-refractivity contribution in [3.8, 4) is 5.69 Å². The summed E-state index contributed by atoms with van der Waals surface area (Å²) < 4.78 is 1.50. The fourth-order valence-electron chi connectivity index (χ4n) is 4.47. The van der Waals surface area contributed by atoms with Gasteiger partial charge in [0.15, 0.2) is 0 Å². The Balaban J connectivity index is 1.55. The number of rotatable bonds is 3. The van der Waals surface area contributed by atoms with Gasteiger partial charge in [-0.3, -0.25) is 14.3 Å². The van der Waals surface area contributed by atoms with Crippen molar-refractivity contribution in [2.45, 2.75) is 44.8 Å². The summed E-state index contributed by atoms with van der Waals surface area (Å²) in [5.41, 5.74) is 0.457. The quantitative estimate of drug-likeness (QED) is 0.799. The van der Waals surface area contributed by atoms with Gasteiger partial charge >= 0.3 is 0 Å². The lowest BCUT2D eigenvalue weighted by molar-refractivity contribution is 0.0841. The van der Waals surface area contributed by atoms with Crippen molar-refractivity contribution < 1.29 is 5.11 Å². The van der Waals surface area contributed by atoms with Crippen LogP contribution in [0.5, 0.6) is 0 Å². The van der Waals surface area contributed by atoms with Crippen molar-refractivity contribution in [2.24, 2.45) is 0 Å². The molecular weight excluding hydrogens is 411 g/mol. The van der Waals surface area contributed by atoms with Crippen molar-refractivity contribution >= 4 is 29.0 Å². The number of piperidine rings is 1. The van der Waals surface area contributed by atoms with Gasteiger partial charge in [-0.15, -0.1) is 0 Å². The number of aliphatic hydroxyl groups excluding tert-OH is 1. The minimum atomic E-state index is -0.208. The number of hydrogen-bond acceptors (Lipinski definition) is 5. The molecule has 1 aromatic carbocycles. The van der Waals surface area contributed by atoms with Crippen molar-refractivity contribution in [3.05, 3.63) is 50.5 Å². The van der Waals surface area contributed by atoms with Crippen LogP contribution in [-0.4, -0.2) is 57.4 Å². The molecule has 0 radical (unpaired) electrons. The number of hydrogen-bond donors (Lipinski definition) is 1. The van der Waals surface area contributed by atoms with Crippen LogP contribution in [0.15, 0.2) is 29.1 Å². The summed E-state index contributed by atoms with van der Waals surface area (Å²) in [6, 6.07) is 6.80. The van der Waals surface area contributed by atoms with E-state index in [9.17, 15) is 9.90 Å². The maximum atomic E-state index is 12.9. The smallest absolute Gasteiger partial charge is 0.260 e. The summed E-state index contributed by atoms with van der Waals surface area (Å²) in [6.45, 7) is 7.45. The number of β-amino-alcohol motifs (C(OH)–C–C–N with tert-alkyl or cyclic N) is 1. The van der Waals surface area contributed by atoms with Gasteiger partial charge in [0.05, 0.1) is 21.8 Å². The maximum absolute atomic E-state index is 12.9. The summed E-state index contributed by atoms with van der Waals surface area (Å²) >= 11 is 12.4. The average Bonchev–Trinajstić information content (AvgIpc) is 3.12. The van der Waals surface area contributed by atoms with Crippen LogP contribution in [0.3, 0.4) is 0 Å². The van der Waals surface area contributed by atoms with E-state index in [4.69, 9.17) is 28.2 Å². The average molecular weight is 437 g/mol. The fraction of sp³-hybridized carbons (Fsp3) is 0.524. The summed E-state index contributed by atoms with van der Waals surface area (Å²) in [6.07, 6.45) is 2.59. The standard InChI is InChI=1S/C21H26Cl2N4O2/c1-14-24-18(12-19(29)27(14)17-5-3-4-16(22)20(17)23)25-10-7-21(2,8-11-25)26-9-6-15(28)13-26/h3-5,12,15,28H,6-11,13H2,1-2H3/t15-/m0/s1. The van der Waals surface area contributed by atoms with E-state index in [1.54, 1.807) is 24.3 Å². The molecular formula is C21H26Cl2N4O2. The molecule has 1 atom stereocenters. The molecule has 2 fully saturated rings. The topological polar surface area (TPSA) is 61.6 Å². The first-order valence-corrected chi connectivity index (χ1v) is 10.8. The highest BCUT2D eigenvalue weighted by Gasteiger charge is 2.39. The molecule has 6 nitrogen and oxygen atoms in total. The first-order valence-electron chi connectivity index (χ1n) is 10.0. The van der Waals surface area contributed by atoms with Gasteiger partial charge in [-0.05, 0) is 45.2 Å². The van der Waals surface area contributed by atoms with Crippen LogP contribution in [0.1, 0.15) is 32.0 Å². The van der Waals surface area contributed by atoms with Crippen LogP contribution >= 0.6 is 23.2 Å². The van der Waals surface area contributed by atoms with Crippen LogP contribution in [-0.2, 0) is 0 Å². The van der Waals surface area contributed by atoms with E-state index in [2.05, 4.69) is 16.7 Å². The van der Waals surface area contributed by atoms with E-state index in [1.807, 2.05) is 6.92 Å². The molecule has 3 heterocycles. The zero-order valence-corrected chi connectivity index (χ0v) is 18.2.